The Kier molecular flexibility index (Phi) is 12.2. The van der Waals surface area contributed by atoms with Crippen LogP contribution in [0.15, 0.2) is 30.3 Å². The van der Waals surface area contributed by atoms with E-state index >= 15 is 0 Å². The molecule has 1 aromatic rings. The van der Waals surface area contributed by atoms with Gasteiger partial charge in [-0.3, -0.25) is 28.8 Å². The minimum Gasteiger partial charge on any atom is -0.481 e. The number of carboxylic acid groups (broad SMARTS) is 2. The van der Waals surface area contributed by atoms with Gasteiger partial charge in [-0.15, -0.1) is 0 Å². The second kappa shape index (κ2) is 14.8. The minimum atomic E-state index is -1.66. The van der Waals surface area contributed by atoms with Crippen molar-refractivity contribution in [2.75, 3.05) is 0 Å². The third kappa shape index (κ3) is 11.6. The van der Waals surface area contributed by atoms with Crippen molar-refractivity contribution in [3.05, 3.63) is 35.9 Å². The molecular formula is C22H30N6O9. The Bertz CT molecular complexity index is 1020. The number of rotatable bonds is 16. The Morgan fingerprint density at radius 3 is 1.62 bits per heavy atom. The van der Waals surface area contributed by atoms with Gasteiger partial charge < -0.3 is 43.4 Å². The zero-order valence-corrected chi connectivity index (χ0v) is 19.7. The van der Waals surface area contributed by atoms with Crippen LogP contribution in [0, 0.1) is 0 Å². The lowest BCUT2D eigenvalue weighted by atomic mass is 10.0. The van der Waals surface area contributed by atoms with E-state index < -0.39 is 84.9 Å². The first-order chi connectivity index (χ1) is 17.3. The Morgan fingerprint density at radius 1 is 0.730 bits per heavy atom. The molecule has 1 rings (SSSR count). The highest BCUT2D eigenvalue weighted by Crippen LogP contribution is 2.05. The third-order valence-electron chi connectivity index (χ3n) is 4.98. The first-order valence-electron chi connectivity index (χ1n) is 11.0. The Hall–Kier alpha value is -4.53. The van der Waals surface area contributed by atoms with Crippen LogP contribution in [0.2, 0.25) is 0 Å². The van der Waals surface area contributed by atoms with Gasteiger partial charge >= 0.3 is 11.9 Å². The summed E-state index contributed by atoms with van der Waals surface area (Å²) in [6.07, 6.45) is -2.26. The molecule has 0 fully saturated rings. The van der Waals surface area contributed by atoms with Gasteiger partial charge in [0.15, 0.2) is 0 Å². The van der Waals surface area contributed by atoms with Crippen molar-refractivity contribution < 1.29 is 43.8 Å². The highest BCUT2D eigenvalue weighted by Gasteiger charge is 2.32. The van der Waals surface area contributed by atoms with E-state index in [1.54, 1.807) is 30.3 Å². The minimum absolute atomic E-state index is 0.103. The summed E-state index contributed by atoms with van der Waals surface area (Å²) in [5.74, 6) is -7.75. The Morgan fingerprint density at radius 2 is 1.19 bits per heavy atom. The van der Waals surface area contributed by atoms with Crippen molar-refractivity contribution in [3.8, 4) is 0 Å². The summed E-state index contributed by atoms with van der Waals surface area (Å²) in [4.78, 5) is 83.1. The van der Waals surface area contributed by atoms with Crippen molar-refractivity contribution in [2.45, 2.75) is 56.3 Å². The topological polar surface area (TPSA) is 274 Å². The summed E-state index contributed by atoms with van der Waals surface area (Å²) in [6, 6.07) is 2.30. The number of nitrogens with one attached hydrogen (secondary N) is 3. The summed E-state index contributed by atoms with van der Waals surface area (Å²) >= 11 is 0. The van der Waals surface area contributed by atoms with Gasteiger partial charge in [0.2, 0.25) is 29.5 Å². The fourth-order valence-corrected chi connectivity index (χ4v) is 3.10. The lowest BCUT2D eigenvalue weighted by molar-refractivity contribution is -0.142. The SMILES string of the molecule is NC(=O)CC(NC(=O)C(N)CCC(=O)O)C(=O)NC(CC(N)=O)C(=O)NC(Cc1ccccc1)C(=O)O. The second-order valence-corrected chi connectivity index (χ2v) is 8.09. The molecule has 0 aliphatic heterocycles. The van der Waals surface area contributed by atoms with Crippen LogP contribution in [-0.4, -0.2) is 75.9 Å². The maximum Gasteiger partial charge on any atom is 0.326 e. The highest BCUT2D eigenvalue weighted by atomic mass is 16.4. The molecule has 0 spiro atoms. The fourth-order valence-electron chi connectivity index (χ4n) is 3.10. The number of carbonyl (C=O) groups excluding carboxylic acids is 5. The number of aliphatic carboxylic acids is 2. The number of hydrogen-bond donors (Lipinski definition) is 8. The maximum absolute atomic E-state index is 12.8. The van der Waals surface area contributed by atoms with Crippen LogP contribution in [0.1, 0.15) is 31.2 Å². The zero-order chi connectivity index (χ0) is 28.1. The van der Waals surface area contributed by atoms with Crippen molar-refractivity contribution in [3.63, 3.8) is 0 Å². The molecule has 0 aliphatic rings. The molecule has 0 aromatic heterocycles. The molecule has 0 saturated heterocycles. The monoisotopic (exact) mass is 522 g/mol. The normalized spacial score (nSPS) is 13.8. The fraction of sp³-hybridized carbons (Fsp3) is 0.409. The van der Waals surface area contributed by atoms with Crippen LogP contribution < -0.4 is 33.2 Å². The van der Waals surface area contributed by atoms with Gasteiger partial charge in [0, 0.05) is 12.8 Å². The Balaban J connectivity index is 3.00. The molecular weight excluding hydrogens is 492 g/mol. The molecule has 0 bridgehead atoms. The number of nitrogens with two attached hydrogens (primary N) is 3. The molecule has 202 valence electrons. The average Bonchev–Trinajstić information content (AvgIpc) is 2.80. The summed E-state index contributed by atoms with van der Waals surface area (Å²) in [7, 11) is 0. The smallest absolute Gasteiger partial charge is 0.326 e. The van der Waals surface area contributed by atoms with Crippen molar-refractivity contribution >= 4 is 41.5 Å². The molecule has 0 saturated carbocycles. The number of primary amides is 2. The molecule has 4 unspecified atom stereocenters. The maximum atomic E-state index is 12.8. The van der Waals surface area contributed by atoms with Gasteiger partial charge in [0.05, 0.1) is 18.9 Å². The summed E-state index contributed by atoms with van der Waals surface area (Å²) in [5, 5.41) is 24.7. The zero-order valence-electron chi connectivity index (χ0n) is 19.7. The van der Waals surface area contributed by atoms with Gasteiger partial charge in [-0.25, -0.2) is 4.79 Å². The first kappa shape index (κ1) is 30.5. The van der Waals surface area contributed by atoms with Gasteiger partial charge in [0.25, 0.3) is 0 Å². The van der Waals surface area contributed by atoms with E-state index in [1.807, 2.05) is 0 Å². The predicted molar refractivity (Wildman–Crippen MR) is 126 cm³/mol. The van der Waals surface area contributed by atoms with Crippen molar-refractivity contribution in [2.24, 2.45) is 17.2 Å². The van der Waals surface area contributed by atoms with Crippen LogP contribution in [0.3, 0.4) is 0 Å². The lowest BCUT2D eigenvalue weighted by Crippen LogP contribution is -2.58. The number of hydrogen-bond acceptors (Lipinski definition) is 8. The number of carbonyl (C=O) groups is 7. The molecule has 0 aliphatic carbocycles. The molecule has 11 N–H and O–H groups in total. The highest BCUT2D eigenvalue weighted by molar-refractivity contribution is 5.97. The molecule has 15 nitrogen and oxygen atoms in total. The third-order valence-corrected chi connectivity index (χ3v) is 4.98. The van der Waals surface area contributed by atoms with E-state index in [-0.39, 0.29) is 12.8 Å². The van der Waals surface area contributed by atoms with E-state index in [4.69, 9.17) is 22.3 Å². The van der Waals surface area contributed by atoms with Crippen molar-refractivity contribution in [1.29, 1.82) is 0 Å². The first-order valence-corrected chi connectivity index (χ1v) is 11.0. The van der Waals surface area contributed by atoms with Crippen LogP contribution in [0.25, 0.3) is 0 Å². The molecule has 0 heterocycles. The van der Waals surface area contributed by atoms with E-state index in [1.165, 1.54) is 0 Å². The molecule has 1 aromatic carbocycles. The molecule has 0 radical (unpaired) electrons. The molecule has 4 atom stereocenters. The van der Waals surface area contributed by atoms with E-state index in [0.717, 1.165) is 0 Å². The summed E-state index contributed by atoms with van der Waals surface area (Å²) < 4.78 is 0. The average molecular weight is 523 g/mol. The number of carboxylic acids is 2. The van der Waals surface area contributed by atoms with Gasteiger partial charge in [-0.1, -0.05) is 30.3 Å². The largest absolute Gasteiger partial charge is 0.481 e. The van der Waals surface area contributed by atoms with E-state index in [9.17, 15) is 38.7 Å². The van der Waals surface area contributed by atoms with Crippen LogP contribution in [-0.2, 0) is 40.0 Å². The van der Waals surface area contributed by atoms with Crippen LogP contribution >= 0.6 is 0 Å². The second-order valence-electron chi connectivity index (χ2n) is 8.09. The molecule has 37 heavy (non-hydrogen) atoms. The van der Waals surface area contributed by atoms with Crippen LogP contribution in [0.4, 0.5) is 0 Å². The van der Waals surface area contributed by atoms with E-state index in [0.29, 0.717) is 5.56 Å². The molecule has 15 heteroatoms. The van der Waals surface area contributed by atoms with Gasteiger partial charge in [0.1, 0.15) is 18.1 Å². The standard InChI is InChI=1S/C22H30N6O9/c23-12(6-7-18(31)32)19(33)26-13(9-16(24)29)20(34)27-14(10-17(25)30)21(35)28-15(22(36)37)8-11-4-2-1-3-5-11/h1-5,12-15H,6-10,23H2,(H2,24,29)(H2,25,30)(H,26,33)(H,27,34)(H,28,35)(H,31,32)(H,36,37). The summed E-state index contributed by atoms with van der Waals surface area (Å²) in [5.41, 5.74) is 16.5. The van der Waals surface area contributed by atoms with E-state index in [2.05, 4.69) is 16.0 Å². The number of benzene rings is 1. The van der Waals surface area contributed by atoms with Crippen LogP contribution in [0.5, 0.6) is 0 Å². The van der Waals surface area contributed by atoms with Gasteiger partial charge in [-0.2, -0.15) is 0 Å². The summed E-state index contributed by atoms with van der Waals surface area (Å²) in [6.45, 7) is 0. The number of amides is 5. The molecule has 5 amide bonds. The van der Waals surface area contributed by atoms with Gasteiger partial charge in [-0.05, 0) is 12.0 Å². The quantitative estimate of drug-likeness (QED) is 0.107. The van der Waals surface area contributed by atoms with Crippen molar-refractivity contribution in [1.82, 2.24) is 16.0 Å². The predicted octanol–water partition coefficient (Wildman–Crippen LogP) is -3.29. The Labute approximate surface area is 211 Å². The lowest BCUT2D eigenvalue weighted by Gasteiger charge is -2.24.